The molecule has 0 rings (SSSR count). The molecule has 5 heteroatoms. The van der Waals surface area contributed by atoms with E-state index in [0.29, 0.717) is 0 Å². The van der Waals surface area contributed by atoms with Gasteiger partial charge in [-0.1, -0.05) is 0 Å². The van der Waals surface area contributed by atoms with Crippen LogP contribution in [0.3, 0.4) is 0 Å². The van der Waals surface area contributed by atoms with Crippen LogP contribution in [-0.2, 0) is 11.4 Å². The molecule has 0 N–H and O–H groups in total. The molecule has 0 unspecified atom stereocenters. The van der Waals surface area contributed by atoms with Crippen molar-refractivity contribution in [3.05, 3.63) is 0 Å². The van der Waals surface area contributed by atoms with Gasteiger partial charge in [0.1, 0.15) is 0 Å². The number of hydrogen-bond acceptors (Lipinski definition) is 3. The first kappa shape index (κ1) is 20.3. The average Bonchev–Trinajstić information content (AvgIpc) is 1.70. The van der Waals surface area contributed by atoms with E-state index in [1.54, 1.807) is 0 Å². The summed E-state index contributed by atoms with van der Waals surface area (Å²) in [6.07, 6.45) is 0. The second-order valence-corrected chi connectivity index (χ2v) is 8.26. The standard InChI is InChI=1S/3C4H9O.Al.Li.H2.H/c3*1-4(2,3)5;;;;/h3*1-3H3;;;1H;/q3*-1;+3;;;. The first-order chi connectivity index (χ1) is 6.79. The van der Waals surface area contributed by atoms with Crippen molar-refractivity contribution in [2.75, 3.05) is 0 Å². The Kier molecular flexibility index (Phi) is 8.34. The summed E-state index contributed by atoms with van der Waals surface area (Å²) in [5.41, 5.74) is -0.686. The van der Waals surface area contributed by atoms with Gasteiger partial charge in [-0.3, -0.25) is 0 Å². The van der Waals surface area contributed by atoms with E-state index in [4.69, 9.17) is 11.4 Å². The van der Waals surface area contributed by atoms with Crippen molar-refractivity contribution >= 4 is 34.0 Å². The SMILES string of the molecule is CC(C)(C)[O][Al]([O]C(C)(C)C)[O]C(C)(C)C.[HH].[LiH]. The maximum atomic E-state index is 5.88. The number of hydrogen-bond donors (Lipinski definition) is 0. The molecular weight excluding hydrogens is 226 g/mol. The fourth-order valence-electron chi connectivity index (χ4n) is 0.938. The van der Waals surface area contributed by atoms with Crippen molar-refractivity contribution in [1.29, 1.82) is 0 Å². The van der Waals surface area contributed by atoms with Gasteiger partial charge in [0.15, 0.2) is 0 Å². The predicted molar refractivity (Wildman–Crippen MR) is 77.5 cm³/mol. The molecule has 0 bridgehead atoms. The van der Waals surface area contributed by atoms with Gasteiger partial charge in [0.2, 0.25) is 0 Å². The van der Waals surface area contributed by atoms with Gasteiger partial charge in [0.05, 0.1) is 0 Å². The average molecular weight is 256 g/mol. The first-order valence-corrected chi connectivity index (χ1v) is 7.23. The van der Waals surface area contributed by atoms with Gasteiger partial charge in [-0.05, 0) is 62.3 Å². The molecule has 0 heterocycles. The summed E-state index contributed by atoms with van der Waals surface area (Å²) in [4.78, 5) is 0. The van der Waals surface area contributed by atoms with Crippen LogP contribution >= 0.6 is 0 Å². The van der Waals surface area contributed by atoms with Gasteiger partial charge < -0.3 is 11.4 Å². The topological polar surface area (TPSA) is 27.7 Å². The molecule has 100 valence electrons. The molecule has 0 aliphatic rings. The molecule has 3 nitrogen and oxygen atoms in total. The van der Waals surface area contributed by atoms with Crippen LogP contribution in [0.15, 0.2) is 0 Å². The van der Waals surface area contributed by atoms with Crippen molar-refractivity contribution in [2.24, 2.45) is 0 Å². The van der Waals surface area contributed by atoms with E-state index in [2.05, 4.69) is 0 Å². The summed E-state index contributed by atoms with van der Waals surface area (Å²) in [6, 6.07) is 0. The van der Waals surface area contributed by atoms with Crippen molar-refractivity contribution in [3.63, 3.8) is 0 Å². The molecule has 0 aromatic rings. The van der Waals surface area contributed by atoms with Gasteiger partial charge in [0, 0.05) is 18.2 Å². The van der Waals surface area contributed by atoms with Gasteiger partial charge >= 0.3 is 34.0 Å². The van der Waals surface area contributed by atoms with Crippen LogP contribution in [0, 0.1) is 0 Å². The number of rotatable bonds is 3. The van der Waals surface area contributed by atoms with E-state index in [1.807, 2.05) is 62.3 Å². The molecule has 0 saturated carbocycles. The van der Waals surface area contributed by atoms with Gasteiger partial charge in [0.25, 0.3) is 0 Å². The van der Waals surface area contributed by atoms with Crippen LogP contribution in [0.5, 0.6) is 0 Å². The molecule has 0 fully saturated rings. The van der Waals surface area contributed by atoms with Crippen molar-refractivity contribution in [2.45, 2.75) is 79.1 Å². The first-order valence-electron chi connectivity index (χ1n) is 5.82. The van der Waals surface area contributed by atoms with E-state index >= 15 is 0 Å². The molecule has 0 atom stereocenters. The van der Waals surface area contributed by atoms with E-state index in [-0.39, 0.29) is 37.1 Å². The summed E-state index contributed by atoms with van der Waals surface area (Å²) in [5.74, 6) is 0. The van der Waals surface area contributed by atoms with Gasteiger partial charge in [-0.15, -0.1) is 0 Å². The monoisotopic (exact) mass is 256 g/mol. The summed E-state index contributed by atoms with van der Waals surface area (Å²) in [5, 5.41) is 0. The molecule has 0 radical (unpaired) electrons. The van der Waals surface area contributed by atoms with Gasteiger partial charge in [-0.25, -0.2) is 0 Å². The van der Waals surface area contributed by atoms with Crippen molar-refractivity contribution < 1.29 is 12.8 Å². The zero-order chi connectivity index (χ0) is 13.2. The predicted octanol–water partition coefficient (Wildman–Crippen LogP) is 3.01. The molecule has 0 spiro atoms. The molecule has 0 amide bonds. The molecule has 0 aliphatic heterocycles. The second kappa shape index (κ2) is 6.97. The van der Waals surface area contributed by atoms with Crippen LogP contribution in [0.2, 0.25) is 0 Å². The molecule has 0 aromatic heterocycles. The summed E-state index contributed by atoms with van der Waals surface area (Å²) in [6.45, 7) is 18.2. The van der Waals surface area contributed by atoms with E-state index < -0.39 is 15.1 Å². The summed E-state index contributed by atoms with van der Waals surface area (Å²) < 4.78 is 17.7. The molecule has 17 heavy (non-hydrogen) atoms. The third kappa shape index (κ3) is 15.0. The Labute approximate surface area is 126 Å². The Morgan fingerprint density at radius 2 is 0.765 bits per heavy atom. The zero-order valence-corrected chi connectivity index (χ0v) is 13.5. The van der Waals surface area contributed by atoms with Gasteiger partial charge in [-0.2, -0.15) is 0 Å². The second-order valence-electron chi connectivity index (χ2n) is 6.98. The molecular formula is C12H30AlLiO3. The Morgan fingerprint density at radius 3 is 0.882 bits per heavy atom. The maximum absolute atomic E-state index is 5.88. The third-order valence-electron chi connectivity index (χ3n) is 1.35. The molecule has 0 aromatic carbocycles. The van der Waals surface area contributed by atoms with E-state index in [1.165, 1.54) is 0 Å². The Balaban J connectivity index is -0.00000112. The van der Waals surface area contributed by atoms with Crippen LogP contribution < -0.4 is 0 Å². The quantitative estimate of drug-likeness (QED) is 0.726. The minimum absolute atomic E-state index is 0. The fraction of sp³-hybridized carbons (Fsp3) is 1.00. The van der Waals surface area contributed by atoms with Crippen molar-refractivity contribution in [1.82, 2.24) is 0 Å². The normalized spacial score (nSPS) is 13.2. The molecule has 0 aliphatic carbocycles. The summed E-state index contributed by atoms with van der Waals surface area (Å²) in [7, 11) is 0. The van der Waals surface area contributed by atoms with E-state index in [9.17, 15) is 0 Å². The Bertz CT molecular complexity index is 181. The molecule has 0 saturated heterocycles. The van der Waals surface area contributed by atoms with Crippen LogP contribution in [0.25, 0.3) is 0 Å². The van der Waals surface area contributed by atoms with Crippen LogP contribution in [0.1, 0.15) is 63.7 Å². The Hall–Kier alpha value is 1.01. The van der Waals surface area contributed by atoms with E-state index in [0.717, 1.165) is 0 Å². The van der Waals surface area contributed by atoms with Crippen LogP contribution in [0.4, 0.5) is 0 Å². The summed E-state index contributed by atoms with van der Waals surface area (Å²) >= 11 is -2.11. The minimum atomic E-state index is -2.11. The third-order valence-corrected chi connectivity index (χ3v) is 4.05. The van der Waals surface area contributed by atoms with Crippen LogP contribution in [-0.4, -0.2) is 50.8 Å². The van der Waals surface area contributed by atoms with Crippen molar-refractivity contribution in [3.8, 4) is 0 Å². The Morgan fingerprint density at radius 1 is 0.588 bits per heavy atom. The fourth-order valence-corrected chi connectivity index (χ4v) is 2.81. The zero-order valence-electron chi connectivity index (χ0n) is 12.3.